The number of halogens is 1. The van der Waals surface area contributed by atoms with Crippen molar-refractivity contribution in [3.63, 3.8) is 0 Å². The second-order valence-corrected chi connectivity index (χ2v) is 12.0. The summed E-state index contributed by atoms with van der Waals surface area (Å²) < 4.78 is 0. The highest BCUT2D eigenvalue weighted by Crippen LogP contribution is 2.38. The number of fused-ring (bicyclic) bond motifs is 1. The smallest absolute Gasteiger partial charge is 0.254 e. The number of carbonyl (C=O) groups excluding carboxylic acids is 2. The highest BCUT2D eigenvalue weighted by atomic mass is 35.5. The van der Waals surface area contributed by atoms with Gasteiger partial charge in [-0.1, -0.05) is 63.6 Å². The van der Waals surface area contributed by atoms with Gasteiger partial charge in [0.05, 0.1) is 6.04 Å². The zero-order valence-corrected chi connectivity index (χ0v) is 23.3. The van der Waals surface area contributed by atoms with Crippen LogP contribution in [0.3, 0.4) is 0 Å². The third-order valence-corrected chi connectivity index (χ3v) is 8.41. The molecule has 2 atom stereocenters. The van der Waals surface area contributed by atoms with Gasteiger partial charge in [-0.3, -0.25) is 9.59 Å². The summed E-state index contributed by atoms with van der Waals surface area (Å²) in [5, 5.41) is 2.77. The molecule has 0 spiro atoms. The van der Waals surface area contributed by atoms with E-state index < -0.39 is 0 Å². The van der Waals surface area contributed by atoms with Crippen LogP contribution in [-0.4, -0.2) is 40.7 Å². The molecule has 4 nitrogen and oxygen atoms in total. The zero-order valence-electron chi connectivity index (χ0n) is 21.8. The van der Waals surface area contributed by atoms with Crippen molar-refractivity contribution in [1.82, 2.24) is 9.80 Å². The summed E-state index contributed by atoms with van der Waals surface area (Å²) in [6.07, 6.45) is 1.60. The van der Waals surface area contributed by atoms with Crippen molar-refractivity contribution >= 4 is 34.8 Å². The van der Waals surface area contributed by atoms with Gasteiger partial charge in [-0.2, -0.15) is 0 Å². The molecule has 1 aromatic heterocycles. The minimum atomic E-state index is -0.176. The predicted molar refractivity (Wildman–Crippen MR) is 149 cm³/mol. The van der Waals surface area contributed by atoms with Crippen LogP contribution in [0.15, 0.2) is 60.0 Å². The molecule has 0 radical (unpaired) electrons. The molecule has 0 saturated heterocycles. The van der Waals surface area contributed by atoms with Gasteiger partial charge < -0.3 is 9.80 Å². The Hall–Kier alpha value is -2.63. The number of rotatable bonds is 6. The monoisotopic (exact) mass is 522 g/mol. The molecule has 36 heavy (non-hydrogen) atoms. The van der Waals surface area contributed by atoms with Gasteiger partial charge in [-0.05, 0) is 77.6 Å². The Morgan fingerprint density at radius 1 is 1.08 bits per heavy atom. The van der Waals surface area contributed by atoms with Crippen LogP contribution in [0.4, 0.5) is 0 Å². The molecule has 1 aliphatic heterocycles. The molecule has 0 saturated carbocycles. The minimum Gasteiger partial charge on any atom is -0.330 e. The van der Waals surface area contributed by atoms with Crippen molar-refractivity contribution in [2.75, 3.05) is 13.1 Å². The van der Waals surface area contributed by atoms with Gasteiger partial charge in [-0.25, -0.2) is 0 Å². The molecule has 3 aromatic rings. The minimum absolute atomic E-state index is 0.0133. The van der Waals surface area contributed by atoms with E-state index in [9.17, 15) is 9.59 Å². The molecule has 1 aliphatic rings. The van der Waals surface area contributed by atoms with Crippen LogP contribution in [-0.2, 0) is 16.6 Å². The van der Waals surface area contributed by atoms with Crippen molar-refractivity contribution in [3.05, 3.63) is 92.1 Å². The van der Waals surface area contributed by atoms with Gasteiger partial charge in [0, 0.05) is 28.0 Å². The van der Waals surface area contributed by atoms with Crippen LogP contribution in [0.2, 0.25) is 5.02 Å². The maximum atomic E-state index is 13.8. The molecule has 0 aliphatic carbocycles. The number of carbonyl (C=O) groups is 2. The second kappa shape index (κ2) is 10.8. The molecular formula is C30H35ClN2O2S. The Kier molecular flexibility index (Phi) is 7.91. The van der Waals surface area contributed by atoms with Crippen LogP contribution in [0, 0.1) is 0 Å². The van der Waals surface area contributed by atoms with Gasteiger partial charge in [0.2, 0.25) is 5.91 Å². The summed E-state index contributed by atoms with van der Waals surface area (Å²) in [5.41, 5.74) is 4.01. The van der Waals surface area contributed by atoms with Crippen molar-refractivity contribution in [2.24, 2.45) is 0 Å². The number of nitrogens with zero attached hydrogens (tertiary/aromatic N) is 2. The lowest BCUT2D eigenvalue weighted by molar-refractivity contribution is -0.134. The molecule has 190 valence electrons. The summed E-state index contributed by atoms with van der Waals surface area (Å²) >= 11 is 7.89. The third kappa shape index (κ3) is 5.52. The van der Waals surface area contributed by atoms with E-state index in [1.165, 1.54) is 16.0 Å². The molecule has 4 rings (SSSR count). The van der Waals surface area contributed by atoms with E-state index >= 15 is 0 Å². The summed E-state index contributed by atoms with van der Waals surface area (Å²) in [7, 11) is 0. The fraction of sp³-hybridized carbons (Fsp3) is 0.400. The first-order valence-corrected chi connectivity index (χ1v) is 13.9. The zero-order chi connectivity index (χ0) is 26.0. The SMILES string of the molecule is CC[C@@H](C)N(CC(=O)N1CCc2sccc2[C@H]1c1ccc(Cl)cc1)C(=O)c1ccc(C(C)(C)C)cc1. The quantitative estimate of drug-likeness (QED) is 0.346. The Morgan fingerprint density at radius 3 is 2.36 bits per heavy atom. The molecule has 0 bridgehead atoms. The van der Waals surface area contributed by atoms with E-state index in [4.69, 9.17) is 11.6 Å². The molecule has 6 heteroatoms. The maximum absolute atomic E-state index is 13.8. The predicted octanol–water partition coefficient (Wildman–Crippen LogP) is 7.11. The average Bonchev–Trinajstić information content (AvgIpc) is 3.35. The molecule has 0 unspecified atom stereocenters. The van der Waals surface area contributed by atoms with Crippen LogP contribution in [0.1, 0.15) is 79.0 Å². The van der Waals surface area contributed by atoms with Gasteiger partial charge in [-0.15, -0.1) is 11.3 Å². The van der Waals surface area contributed by atoms with Gasteiger partial charge >= 0.3 is 0 Å². The number of hydrogen-bond donors (Lipinski definition) is 0. The van der Waals surface area contributed by atoms with E-state index in [-0.39, 0.29) is 35.9 Å². The lowest BCUT2D eigenvalue weighted by atomic mass is 9.86. The largest absolute Gasteiger partial charge is 0.330 e. The molecule has 2 aromatic carbocycles. The number of hydrogen-bond acceptors (Lipinski definition) is 3. The van der Waals surface area contributed by atoms with Crippen molar-refractivity contribution in [3.8, 4) is 0 Å². The van der Waals surface area contributed by atoms with E-state index in [2.05, 4.69) is 32.2 Å². The van der Waals surface area contributed by atoms with Crippen molar-refractivity contribution in [2.45, 2.75) is 65.0 Å². The van der Waals surface area contributed by atoms with E-state index in [0.29, 0.717) is 17.1 Å². The molecule has 0 N–H and O–H groups in total. The Morgan fingerprint density at radius 2 is 1.75 bits per heavy atom. The van der Waals surface area contributed by atoms with E-state index in [1.54, 1.807) is 16.2 Å². The third-order valence-electron chi connectivity index (χ3n) is 7.16. The first kappa shape index (κ1) is 26.4. The van der Waals surface area contributed by atoms with Gasteiger partial charge in [0.15, 0.2) is 0 Å². The topological polar surface area (TPSA) is 40.6 Å². The molecule has 2 heterocycles. The van der Waals surface area contributed by atoms with Gasteiger partial charge in [0.25, 0.3) is 5.91 Å². The lowest BCUT2D eigenvalue weighted by Crippen LogP contribution is -2.49. The summed E-state index contributed by atoms with van der Waals surface area (Å²) in [6.45, 7) is 11.2. The highest BCUT2D eigenvalue weighted by molar-refractivity contribution is 7.10. The fourth-order valence-corrected chi connectivity index (χ4v) is 5.78. The number of thiophene rings is 1. The Balaban J connectivity index is 1.61. The average molecular weight is 523 g/mol. The first-order valence-electron chi connectivity index (χ1n) is 12.6. The lowest BCUT2D eigenvalue weighted by Gasteiger charge is -2.38. The van der Waals surface area contributed by atoms with Crippen LogP contribution in [0.5, 0.6) is 0 Å². The van der Waals surface area contributed by atoms with Crippen LogP contribution in [0.25, 0.3) is 0 Å². The van der Waals surface area contributed by atoms with E-state index in [1.807, 2.05) is 67.3 Å². The maximum Gasteiger partial charge on any atom is 0.254 e. The Labute approximate surface area is 223 Å². The van der Waals surface area contributed by atoms with Crippen LogP contribution < -0.4 is 0 Å². The summed E-state index contributed by atoms with van der Waals surface area (Å²) in [5.74, 6) is -0.138. The molecule has 2 amide bonds. The van der Waals surface area contributed by atoms with Crippen molar-refractivity contribution < 1.29 is 9.59 Å². The first-order chi connectivity index (χ1) is 17.1. The highest BCUT2D eigenvalue weighted by Gasteiger charge is 2.35. The van der Waals surface area contributed by atoms with Crippen LogP contribution >= 0.6 is 22.9 Å². The summed E-state index contributed by atoms with van der Waals surface area (Å²) in [6, 6.07) is 17.4. The Bertz CT molecular complexity index is 1210. The molecular weight excluding hydrogens is 488 g/mol. The van der Waals surface area contributed by atoms with Crippen molar-refractivity contribution in [1.29, 1.82) is 0 Å². The van der Waals surface area contributed by atoms with E-state index in [0.717, 1.165) is 18.4 Å². The number of benzene rings is 2. The second-order valence-electron chi connectivity index (χ2n) is 10.6. The normalized spacial score (nSPS) is 16.4. The molecule has 0 fully saturated rings. The standard InChI is InChI=1S/C30H35ClN2O2S/c1-6-20(2)33(29(35)22-7-11-23(12-8-22)30(3,4)5)19-27(34)32-17-15-26-25(16-18-36-26)28(32)21-9-13-24(31)14-10-21/h7-14,16,18,20,28H,6,15,17,19H2,1-5H3/t20-,28-/m1/s1. The summed E-state index contributed by atoms with van der Waals surface area (Å²) in [4.78, 5) is 32.4. The number of amides is 2. The fourth-order valence-electron chi connectivity index (χ4n) is 4.75. The van der Waals surface area contributed by atoms with Gasteiger partial charge in [0.1, 0.15) is 6.54 Å².